The first kappa shape index (κ1) is 32.7. The molecule has 0 saturated carbocycles. The first-order valence-corrected chi connectivity index (χ1v) is 13.9. The molecule has 0 radical (unpaired) electrons. The maximum absolute atomic E-state index is 13.4. The number of rotatable bonds is 7. The fraction of sp³-hybridized carbons (Fsp3) is 0.222. The van der Waals surface area contributed by atoms with E-state index >= 15 is 0 Å². The Kier molecular flexibility index (Phi) is 9.90. The van der Waals surface area contributed by atoms with E-state index in [0.29, 0.717) is 22.8 Å². The van der Waals surface area contributed by atoms with Crippen LogP contribution in [0.1, 0.15) is 20.7 Å². The van der Waals surface area contributed by atoms with E-state index < -0.39 is 67.7 Å². The summed E-state index contributed by atoms with van der Waals surface area (Å²) in [7, 11) is -6.29. The van der Waals surface area contributed by atoms with Crippen LogP contribution in [0.4, 0.5) is 32.0 Å². The van der Waals surface area contributed by atoms with Crippen LogP contribution >= 0.6 is 67.8 Å². The number of nitro benzene ring substituents is 1. The van der Waals surface area contributed by atoms with Gasteiger partial charge in [0.1, 0.15) is 0 Å². The van der Waals surface area contributed by atoms with Crippen LogP contribution in [-0.2, 0) is 14.9 Å². The normalized spacial score (nSPS) is 12.7. The van der Waals surface area contributed by atoms with E-state index in [1.807, 2.05) is 45.2 Å². The van der Waals surface area contributed by atoms with Crippen LogP contribution in [-0.4, -0.2) is 53.5 Å². The Morgan fingerprint density at radius 3 is 1.97 bits per heavy atom. The lowest BCUT2D eigenvalue weighted by Gasteiger charge is -2.36. The zero-order chi connectivity index (χ0) is 29.4. The summed E-state index contributed by atoms with van der Waals surface area (Å²) in [6, 6.07) is 4.19. The number of halogens is 9. The van der Waals surface area contributed by atoms with E-state index in [1.165, 1.54) is 6.07 Å². The molecule has 2 aromatic rings. The lowest BCUT2D eigenvalue weighted by Crippen LogP contribution is -2.63. The molecule has 0 bridgehead atoms. The summed E-state index contributed by atoms with van der Waals surface area (Å²) in [6.45, 7) is 0. The summed E-state index contributed by atoms with van der Waals surface area (Å²) in [5.41, 5.74) is -8.32. The molecule has 0 amide bonds. The van der Waals surface area contributed by atoms with Gasteiger partial charge in [-0.05, 0) is 92.0 Å². The number of alkyl halides is 6. The molecule has 2 rings (SSSR count). The van der Waals surface area contributed by atoms with Crippen LogP contribution in [0.25, 0.3) is 0 Å². The van der Waals surface area contributed by atoms with Gasteiger partial charge in [0, 0.05) is 16.8 Å². The smallest absolute Gasteiger partial charge is 0.438 e. The van der Waals surface area contributed by atoms with Gasteiger partial charge in [0.2, 0.25) is 5.75 Å². The Morgan fingerprint density at radius 1 is 0.947 bits per heavy atom. The Bertz CT molecular complexity index is 1400. The highest BCUT2D eigenvalue weighted by Gasteiger charge is 2.75. The van der Waals surface area contributed by atoms with Crippen molar-refractivity contribution in [1.82, 2.24) is 0 Å². The van der Waals surface area contributed by atoms with E-state index in [4.69, 9.17) is 4.74 Å². The van der Waals surface area contributed by atoms with Gasteiger partial charge in [-0.15, -0.1) is 0 Å². The standard InChI is InChI=1S/C18H8F6I3NO9S/c19-17(20,21)16(18(22,23)24,6-38(33,34)35)37-14(29)7-1-2-12(11(3-7)28(31)32)36-15(30)9-4-8(25)5-10(26)13(9)27/h1-5H,6H2,(H,33,34,35)/p-1. The average molecular weight is 908 g/mol. The SMILES string of the molecule is O=C(OC(CS(=O)(=O)[O-])(C(F)(F)F)C(F)(F)F)c1ccc(OC(=O)c2cc(I)cc(I)c2I)c([N+](=O)[O-])c1. The minimum atomic E-state index is -6.64. The van der Waals surface area contributed by atoms with Crippen LogP contribution < -0.4 is 4.74 Å². The Labute approximate surface area is 248 Å². The molecule has 38 heavy (non-hydrogen) atoms. The van der Waals surface area contributed by atoms with Crippen LogP contribution in [0.15, 0.2) is 30.3 Å². The quantitative estimate of drug-likeness (QED) is 0.0534. The summed E-state index contributed by atoms with van der Waals surface area (Å²) < 4.78 is 123. The van der Waals surface area contributed by atoms with Gasteiger partial charge < -0.3 is 14.0 Å². The number of nitro groups is 1. The van der Waals surface area contributed by atoms with Gasteiger partial charge in [0.05, 0.1) is 31.9 Å². The molecule has 10 nitrogen and oxygen atoms in total. The fourth-order valence-corrected chi connectivity index (χ4v) is 5.93. The van der Waals surface area contributed by atoms with Crippen LogP contribution in [0, 0.1) is 20.8 Å². The Hall–Kier alpha value is -1.54. The average Bonchev–Trinajstić information content (AvgIpc) is 2.73. The van der Waals surface area contributed by atoms with Crippen LogP contribution in [0.3, 0.4) is 0 Å². The minimum Gasteiger partial charge on any atom is -0.748 e. The number of carbonyl (C=O) groups is 2. The number of hydrogen-bond acceptors (Lipinski definition) is 9. The largest absolute Gasteiger partial charge is 0.748 e. The molecular formula is C18H7F6I3NO9S-. The van der Waals surface area contributed by atoms with Gasteiger partial charge in [-0.25, -0.2) is 18.0 Å². The molecule has 0 aromatic heterocycles. The predicted octanol–water partition coefficient (Wildman–Crippen LogP) is 5.19. The molecule has 0 aliphatic heterocycles. The van der Waals surface area contributed by atoms with E-state index in [1.54, 1.807) is 28.7 Å². The summed E-state index contributed by atoms with van der Waals surface area (Å²) in [5.74, 6) is -7.70. The zero-order valence-corrected chi connectivity index (χ0v) is 24.8. The number of ether oxygens (including phenoxy) is 2. The molecule has 0 unspecified atom stereocenters. The number of esters is 2. The maximum atomic E-state index is 13.4. The van der Waals surface area contributed by atoms with Crippen LogP contribution in [0.5, 0.6) is 5.75 Å². The first-order chi connectivity index (χ1) is 17.1. The van der Waals surface area contributed by atoms with E-state index in [2.05, 4.69) is 4.74 Å². The lowest BCUT2D eigenvalue weighted by molar-refractivity contribution is -0.385. The molecule has 2 aromatic carbocycles. The van der Waals surface area contributed by atoms with E-state index in [-0.39, 0.29) is 11.6 Å². The summed E-state index contributed by atoms with van der Waals surface area (Å²) >= 11 is 5.57. The number of nitrogens with zero attached hydrogens (tertiary/aromatic N) is 1. The van der Waals surface area contributed by atoms with Crippen molar-refractivity contribution in [3.05, 3.63) is 62.3 Å². The molecule has 0 spiro atoms. The van der Waals surface area contributed by atoms with Crippen molar-refractivity contribution in [2.45, 2.75) is 18.0 Å². The van der Waals surface area contributed by atoms with Gasteiger partial charge in [-0.1, -0.05) is 0 Å². The Morgan fingerprint density at radius 2 is 1.50 bits per heavy atom. The maximum Gasteiger partial charge on any atom is 0.438 e. The van der Waals surface area contributed by atoms with Crippen molar-refractivity contribution in [3.63, 3.8) is 0 Å². The van der Waals surface area contributed by atoms with Crippen molar-refractivity contribution < 1.29 is 63.3 Å². The third-order valence-electron chi connectivity index (χ3n) is 4.37. The third-order valence-corrected chi connectivity index (χ3v) is 8.80. The number of hydrogen-bond donors (Lipinski definition) is 0. The highest BCUT2D eigenvalue weighted by Crippen LogP contribution is 2.47. The minimum absolute atomic E-state index is 0.0290. The topological polar surface area (TPSA) is 153 Å². The number of benzene rings is 2. The van der Waals surface area contributed by atoms with Crippen molar-refractivity contribution in [2.75, 3.05) is 5.75 Å². The van der Waals surface area contributed by atoms with Gasteiger partial charge in [-0.2, -0.15) is 26.3 Å². The second kappa shape index (κ2) is 11.5. The molecule has 0 saturated heterocycles. The van der Waals surface area contributed by atoms with Gasteiger partial charge >= 0.3 is 35.6 Å². The van der Waals surface area contributed by atoms with Crippen molar-refractivity contribution >= 4 is 95.5 Å². The van der Waals surface area contributed by atoms with Crippen LogP contribution in [0.2, 0.25) is 0 Å². The fourth-order valence-electron chi connectivity index (χ4n) is 2.67. The molecule has 20 heteroatoms. The lowest BCUT2D eigenvalue weighted by atomic mass is 10.1. The summed E-state index contributed by atoms with van der Waals surface area (Å²) in [5, 5.41) is 11.5. The molecule has 0 heterocycles. The van der Waals surface area contributed by atoms with E-state index in [9.17, 15) is 59.0 Å². The second-order valence-electron chi connectivity index (χ2n) is 6.99. The van der Waals surface area contributed by atoms with E-state index in [0.717, 1.165) is 0 Å². The molecule has 0 aliphatic carbocycles. The van der Waals surface area contributed by atoms with Gasteiger partial charge in [0.15, 0.2) is 0 Å². The monoisotopic (exact) mass is 908 g/mol. The molecule has 0 N–H and O–H groups in total. The van der Waals surface area contributed by atoms with Crippen molar-refractivity contribution in [3.8, 4) is 5.75 Å². The van der Waals surface area contributed by atoms with Gasteiger partial charge in [-0.3, -0.25) is 10.1 Å². The Balaban J connectivity index is 2.53. The third kappa shape index (κ3) is 7.35. The second-order valence-corrected chi connectivity index (χ2v) is 11.9. The van der Waals surface area contributed by atoms with Crippen molar-refractivity contribution in [1.29, 1.82) is 0 Å². The molecule has 0 aliphatic rings. The first-order valence-electron chi connectivity index (χ1n) is 9.05. The number of carbonyl (C=O) groups excluding carboxylic acids is 2. The molecule has 0 atom stereocenters. The molecule has 0 fully saturated rings. The predicted molar refractivity (Wildman–Crippen MR) is 137 cm³/mol. The van der Waals surface area contributed by atoms with Gasteiger partial charge in [0.25, 0.3) is 0 Å². The summed E-state index contributed by atoms with van der Waals surface area (Å²) in [6.07, 6.45) is -13.3. The summed E-state index contributed by atoms with van der Waals surface area (Å²) in [4.78, 5) is 35.0. The van der Waals surface area contributed by atoms with Crippen molar-refractivity contribution in [2.24, 2.45) is 0 Å². The highest BCUT2D eigenvalue weighted by atomic mass is 127. The zero-order valence-electron chi connectivity index (χ0n) is 17.5. The molecular weight excluding hydrogens is 901 g/mol. The molecule has 208 valence electrons. The highest BCUT2D eigenvalue weighted by molar-refractivity contribution is 14.1.